The molecule has 146 valence electrons. The Morgan fingerprint density at radius 1 is 1.11 bits per heavy atom. The molecule has 0 bridgehead atoms. The van der Waals surface area contributed by atoms with Crippen LogP contribution >= 0.6 is 11.3 Å². The average Bonchev–Trinajstić information content (AvgIpc) is 3.09. The number of likely N-dealkylation sites (N-methyl/N-ethyl adjacent to an activating group) is 1. The number of amides is 1. The Bertz CT molecular complexity index is 767. The van der Waals surface area contributed by atoms with Gasteiger partial charge in [0.15, 0.2) is 0 Å². The van der Waals surface area contributed by atoms with E-state index in [4.69, 9.17) is 9.47 Å². The van der Waals surface area contributed by atoms with Gasteiger partial charge in [-0.05, 0) is 37.7 Å². The number of hydrogen-bond acceptors (Lipinski definition) is 6. The Hall–Kier alpha value is -2.38. The monoisotopic (exact) mass is 390 g/mol. The molecule has 0 spiro atoms. The Morgan fingerprint density at radius 2 is 1.78 bits per heavy atom. The molecule has 1 amide bonds. The number of nitrogens with one attached hydrogen (secondary N) is 1. The largest absolute Gasteiger partial charge is 0.497 e. The van der Waals surface area contributed by atoms with E-state index in [1.54, 1.807) is 14.0 Å². The van der Waals surface area contributed by atoms with Gasteiger partial charge in [-0.2, -0.15) is 0 Å². The van der Waals surface area contributed by atoms with Crippen LogP contribution in [0, 0.1) is 0 Å². The minimum absolute atomic E-state index is 0.146. The lowest BCUT2D eigenvalue weighted by Gasteiger charge is -2.17. The van der Waals surface area contributed by atoms with Crippen LogP contribution in [0.3, 0.4) is 0 Å². The van der Waals surface area contributed by atoms with E-state index in [0.29, 0.717) is 10.6 Å². The molecule has 0 atom stereocenters. The summed E-state index contributed by atoms with van der Waals surface area (Å²) >= 11 is 1.32. The van der Waals surface area contributed by atoms with Crippen LogP contribution in [-0.2, 0) is 9.53 Å². The molecule has 1 aromatic heterocycles. The second-order valence-electron chi connectivity index (χ2n) is 5.81. The molecule has 1 heterocycles. The Morgan fingerprint density at radius 3 is 2.33 bits per heavy atom. The first-order chi connectivity index (χ1) is 13.0. The first-order valence-electron chi connectivity index (χ1n) is 8.99. The number of thiophene rings is 1. The van der Waals surface area contributed by atoms with Crippen molar-refractivity contribution in [2.75, 3.05) is 38.7 Å². The molecule has 2 rings (SSSR count). The van der Waals surface area contributed by atoms with Gasteiger partial charge in [0.05, 0.1) is 20.3 Å². The zero-order valence-corrected chi connectivity index (χ0v) is 17.0. The lowest BCUT2D eigenvalue weighted by molar-refractivity contribution is -0.117. The summed E-state index contributed by atoms with van der Waals surface area (Å²) in [5.41, 5.74) is 1.98. The van der Waals surface area contributed by atoms with Crippen LogP contribution in [0.5, 0.6) is 5.75 Å². The van der Waals surface area contributed by atoms with Crippen molar-refractivity contribution < 1.29 is 19.1 Å². The summed E-state index contributed by atoms with van der Waals surface area (Å²) in [6, 6.07) is 7.43. The highest BCUT2D eigenvalue weighted by Crippen LogP contribution is 2.36. The van der Waals surface area contributed by atoms with E-state index < -0.39 is 5.97 Å². The molecule has 0 saturated carbocycles. The van der Waals surface area contributed by atoms with Crippen molar-refractivity contribution in [1.29, 1.82) is 0 Å². The third-order valence-corrected chi connectivity index (χ3v) is 5.08. The number of methoxy groups -OCH3 is 1. The number of carbonyl (C=O) groups excluding carboxylic acids is 2. The van der Waals surface area contributed by atoms with E-state index in [1.165, 1.54) is 11.3 Å². The minimum atomic E-state index is -0.442. The van der Waals surface area contributed by atoms with Crippen molar-refractivity contribution in [2.24, 2.45) is 0 Å². The summed E-state index contributed by atoms with van der Waals surface area (Å²) in [4.78, 5) is 27.0. The van der Waals surface area contributed by atoms with Crippen LogP contribution in [0.15, 0.2) is 29.6 Å². The Labute approximate surface area is 164 Å². The molecule has 2 aromatic rings. The smallest absolute Gasteiger partial charge is 0.341 e. The van der Waals surface area contributed by atoms with E-state index in [2.05, 4.69) is 5.32 Å². The number of anilines is 1. The van der Waals surface area contributed by atoms with Crippen LogP contribution in [0.25, 0.3) is 11.1 Å². The van der Waals surface area contributed by atoms with E-state index in [-0.39, 0.29) is 19.1 Å². The van der Waals surface area contributed by atoms with Gasteiger partial charge in [-0.25, -0.2) is 4.79 Å². The summed E-state index contributed by atoms with van der Waals surface area (Å²) in [6.07, 6.45) is 0. The Balaban J connectivity index is 2.33. The maximum atomic E-state index is 12.6. The summed E-state index contributed by atoms with van der Waals surface area (Å²) in [5.74, 6) is 0.148. The highest BCUT2D eigenvalue weighted by Gasteiger charge is 2.23. The molecule has 27 heavy (non-hydrogen) atoms. The van der Waals surface area contributed by atoms with Crippen LogP contribution in [0.2, 0.25) is 0 Å². The molecule has 1 aromatic carbocycles. The summed E-state index contributed by atoms with van der Waals surface area (Å²) in [7, 11) is 1.60. The number of rotatable bonds is 9. The van der Waals surface area contributed by atoms with Gasteiger partial charge in [0.2, 0.25) is 5.91 Å². The highest BCUT2D eigenvalue weighted by molar-refractivity contribution is 7.15. The molecule has 0 fully saturated rings. The number of benzene rings is 1. The van der Waals surface area contributed by atoms with Crippen molar-refractivity contribution in [3.05, 3.63) is 35.2 Å². The number of esters is 1. The maximum absolute atomic E-state index is 12.6. The van der Waals surface area contributed by atoms with Gasteiger partial charge in [0.1, 0.15) is 16.3 Å². The maximum Gasteiger partial charge on any atom is 0.341 e. The third kappa shape index (κ3) is 5.30. The molecule has 1 N–H and O–H groups in total. The van der Waals surface area contributed by atoms with Crippen molar-refractivity contribution in [3.8, 4) is 16.9 Å². The number of carbonyl (C=O) groups is 2. The number of hydrogen-bond donors (Lipinski definition) is 1. The first kappa shape index (κ1) is 20.9. The lowest BCUT2D eigenvalue weighted by Crippen LogP contribution is -2.33. The van der Waals surface area contributed by atoms with Crippen molar-refractivity contribution in [3.63, 3.8) is 0 Å². The Kier molecular flexibility index (Phi) is 7.82. The predicted octanol–water partition coefficient (Wildman–Crippen LogP) is 3.88. The van der Waals surface area contributed by atoms with Crippen molar-refractivity contribution in [2.45, 2.75) is 20.8 Å². The third-order valence-electron chi connectivity index (χ3n) is 4.19. The van der Waals surface area contributed by atoms with Crippen LogP contribution < -0.4 is 10.1 Å². The second kappa shape index (κ2) is 10.1. The number of nitrogens with zero attached hydrogens (tertiary/aromatic N) is 1. The molecule has 0 aliphatic rings. The van der Waals surface area contributed by atoms with Gasteiger partial charge in [-0.1, -0.05) is 26.0 Å². The van der Waals surface area contributed by atoms with Gasteiger partial charge < -0.3 is 14.8 Å². The van der Waals surface area contributed by atoms with Crippen molar-refractivity contribution in [1.82, 2.24) is 4.90 Å². The minimum Gasteiger partial charge on any atom is -0.497 e. The zero-order valence-electron chi connectivity index (χ0n) is 16.2. The quantitative estimate of drug-likeness (QED) is 0.658. The molecule has 0 radical (unpaired) electrons. The lowest BCUT2D eigenvalue weighted by atomic mass is 10.0. The molecule has 0 saturated heterocycles. The van der Waals surface area contributed by atoms with Gasteiger partial charge in [0, 0.05) is 10.9 Å². The predicted molar refractivity (Wildman–Crippen MR) is 109 cm³/mol. The van der Waals surface area contributed by atoms with Gasteiger partial charge in [-0.3, -0.25) is 9.69 Å². The van der Waals surface area contributed by atoms with Crippen molar-refractivity contribution >= 4 is 28.2 Å². The molecular weight excluding hydrogens is 364 g/mol. The average molecular weight is 391 g/mol. The van der Waals surface area contributed by atoms with Crippen LogP contribution in [-0.4, -0.2) is 50.1 Å². The van der Waals surface area contributed by atoms with Gasteiger partial charge in [-0.15, -0.1) is 11.3 Å². The topological polar surface area (TPSA) is 67.9 Å². The normalized spacial score (nSPS) is 10.7. The molecule has 0 aliphatic carbocycles. The van der Waals surface area contributed by atoms with Gasteiger partial charge >= 0.3 is 5.97 Å². The number of ether oxygens (including phenoxy) is 2. The second-order valence-corrected chi connectivity index (χ2v) is 6.69. The summed E-state index contributed by atoms with van der Waals surface area (Å²) in [5, 5.41) is 5.25. The van der Waals surface area contributed by atoms with E-state index >= 15 is 0 Å². The fraction of sp³-hybridized carbons (Fsp3) is 0.400. The molecular formula is C20H26N2O4S. The van der Waals surface area contributed by atoms with E-state index in [1.807, 2.05) is 48.4 Å². The van der Waals surface area contributed by atoms with E-state index in [9.17, 15) is 9.59 Å². The van der Waals surface area contributed by atoms with Crippen LogP contribution in [0.1, 0.15) is 31.1 Å². The SMILES string of the molecule is CCOC(=O)c1c(-c2ccc(OC)cc2)csc1NC(=O)CN(CC)CC. The standard InChI is InChI=1S/C20H26N2O4S/c1-5-22(6-2)12-17(23)21-19-18(20(24)26-7-3)16(13-27-19)14-8-10-15(25-4)11-9-14/h8-11,13H,5-7,12H2,1-4H3,(H,21,23). The summed E-state index contributed by atoms with van der Waals surface area (Å²) in [6.45, 7) is 7.90. The highest BCUT2D eigenvalue weighted by atomic mass is 32.1. The molecule has 0 unspecified atom stereocenters. The first-order valence-corrected chi connectivity index (χ1v) is 9.87. The fourth-order valence-corrected chi connectivity index (χ4v) is 3.63. The summed E-state index contributed by atoms with van der Waals surface area (Å²) < 4.78 is 10.4. The molecule has 6 nitrogen and oxygen atoms in total. The van der Waals surface area contributed by atoms with E-state index in [0.717, 1.165) is 30.0 Å². The molecule has 0 aliphatic heterocycles. The fourth-order valence-electron chi connectivity index (χ4n) is 2.66. The molecule has 7 heteroatoms. The zero-order chi connectivity index (χ0) is 19.8. The van der Waals surface area contributed by atoms with Gasteiger partial charge in [0.25, 0.3) is 0 Å². The van der Waals surface area contributed by atoms with Crippen LogP contribution in [0.4, 0.5) is 5.00 Å².